The van der Waals surface area contributed by atoms with Crippen LogP contribution in [0.15, 0.2) is 12.4 Å². The molecule has 0 aliphatic rings. The van der Waals surface area contributed by atoms with Crippen LogP contribution in [0.1, 0.15) is 5.69 Å². The maximum Gasteiger partial charge on any atom is 0.175 e. The normalized spacial score (nSPS) is 10.9. The maximum absolute atomic E-state index is 5.88. The van der Waals surface area contributed by atoms with Crippen LogP contribution in [0.3, 0.4) is 0 Å². The van der Waals surface area contributed by atoms with Crippen LogP contribution < -0.4 is 0 Å². The Balaban J connectivity index is 2.88. The zero-order chi connectivity index (χ0) is 8.72. The Morgan fingerprint density at radius 1 is 1.42 bits per heavy atom. The summed E-state index contributed by atoms with van der Waals surface area (Å²) < 4.78 is 2.80. The topological polar surface area (TPSA) is 30.2 Å². The second-order valence-corrected chi connectivity index (χ2v) is 3.93. The van der Waals surface area contributed by atoms with Crippen molar-refractivity contribution in [2.24, 2.45) is 0 Å². The molecule has 5 heteroatoms. The Bertz CT molecular complexity index is 437. The van der Waals surface area contributed by atoms with Crippen LogP contribution in [0.4, 0.5) is 0 Å². The molecule has 2 aromatic rings. The number of aromatic nitrogens is 3. The van der Waals surface area contributed by atoms with Crippen LogP contribution >= 0.6 is 34.2 Å². The third kappa shape index (κ3) is 1.29. The van der Waals surface area contributed by atoms with Gasteiger partial charge in [-0.15, -0.1) is 0 Å². The average Bonchev–Trinajstić information content (AvgIpc) is 2.29. The highest BCUT2D eigenvalue weighted by molar-refractivity contribution is 14.1. The summed E-state index contributed by atoms with van der Waals surface area (Å²) in [6, 6.07) is 0. The summed E-state index contributed by atoms with van der Waals surface area (Å²) in [5.41, 5.74) is 1.60. The summed E-state index contributed by atoms with van der Waals surface area (Å²) in [4.78, 5) is 8.30. The molecule has 0 bridgehead atoms. The van der Waals surface area contributed by atoms with E-state index in [0.29, 0.717) is 10.8 Å². The third-order valence-corrected chi connectivity index (χ3v) is 2.26. The SMILES string of the molecule is Cc1cn2cc(I)nc2c(Cl)n1. The molecule has 0 spiro atoms. The summed E-state index contributed by atoms with van der Waals surface area (Å²) in [7, 11) is 0. The molecule has 0 atom stereocenters. The number of halogens is 2. The Kier molecular flexibility index (Phi) is 1.96. The average molecular weight is 293 g/mol. The second kappa shape index (κ2) is 2.85. The van der Waals surface area contributed by atoms with Crippen molar-refractivity contribution < 1.29 is 0 Å². The van der Waals surface area contributed by atoms with Gasteiger partial charge in [-0.1, -0.05) is 11.6 Å². The van der Waals surface area contributed by atoms with E-state index in [9.17, 15) is 0 Å². The highest BCUT2D eigenvalue weighted by Crippen LogP contribution is 2.15. The van der Waals surface area contributed by atoms with Crippen molar-refractivity contribution in [2.75, 3.05) is 0 Å². The first-order valence-electron chi connectivity index (χ1n) is 3.34. The van der Waals surface area contributed by atoms with Crippen molar-refractivity contribution in [3.05, 3.63) is 26.9 Å². The van der Waals surface area contributed by atoms with Crippen molar-refractivity contribution in [3.8, 4) is 0 Å². The van der Waals surface area contributed by atoms with Gasteiger partial charge < -0.3 is 4.40 Å². The van der Waals surface area contributed by atoms with Crippen molar-refractivity contribution in [1.82, 2.24) is 14.4 Å². The predicted octanol–water partition coefficient (Wildman–Crippen LogP) is 2.30. The van der Waals surface area contributed by atoms with Crippen molar-refractivity contribution in [1.29, 1.82) is 0 Å². The molecule has 0 aliphatic carbocycles. The molecule has 62 valence electrons. The van der Waals surface area contributed by atoms with Crippen LogP contribution in [0, 0.1) is 10.6 Å². The van der Waals surface area contributed by atoms with E-state index < -0.39 is 0 Å². The van der Waals surface area contributed by atoms with Gasteiger partial charge in [0, 0.05) is 12.4 Å². The zero-order valence-electron chi connectivity index (χ0n) is 6.25. The van der Waals surface area contributed by atoms with Gasteiger partial charge in [0.1, 0.15) is 3.70 Å². The van der Waals surface area contributed by atoms with Crippen LogP contribution in [-0.4, -0.2) is 14.4 Å². The molecule has 2 heterocycles. The predicted molar refractivity (Wildman–Crippen MR) is 55.5 cm³/mol. The third-order valence-electron chi connectivity index (χ3n) is 1.49. The summed E-state index contributed by atoms with van der Waals surface area (Å²) in [6.07, 6.45) is 3.81. The molecule has 0 saturated heterocycles. The molecule has 0 radical (unpaired) electrons. The number of hydrogen-bond donors (Lipinski definition) is 0. The van der Waals surface area contributed by atoms with Gasteiger partial charge in [0.2, 0.25) is 0 Å². The molecule has 0 unspecified atom stereocenters. The summed E-state index contributed by atoms with van der Waals surface area (Å²) in [5.74, 6) is 0. The molecule has 0 aliphatic heterocycles. The van der Waals surface area contributed by atoms with Gasteiger partial charge >= 0.3 is 0 Å². The van der Waals surface area contributed by atoms with Crippen LogP contribution in [0.2, 0.25) is 5.15 Å². The molecular formula is C7H5ClIN3. The lowest BCUT2D eigenvalue weighted by molar-refractivity contribution is 1.07. The molecule has 3 nitrogen and oxygen atoms in total. The molecule has 2 rings (SSSR count). The monoisotopic (exact) mass is 293 g/mol. The van der Waals surface area contributed by atoms with Gasteiger partial charge in [0.05, 0.1) is 5.69 Å². The highest BCUT2D eigenvalue weighted by Gasteiger charge is 2.04. The van der Waals surface area contributed by atoms with E-state index in [1.165, 1.54) is 0 Å². The Morgan fingerprint density at radius 3 is 2.92 bits per heavy atom. The lowest BCUT2D eigenvalue weighted by Gasteiger charge is -1.96. The van der Waals surface area contributed by atoms with E-state index in [1.54, 1.807) is 0 Å². The molecule has 12 heavy (non-hydrogen) atoms. The van der Waals surface area contributed by atoms with Gasteiger partial charge in [-0.25, -0.2) is 9.97 Å². The lowest BCUT2D eigenvalue weighted by Crippen LogP contribution is -1.90. The van der Waals surface area contributed by atoms with Gasteiger partial charge in [-0.3, -0.25) is 0 Å². The van der Waals surface area contributed by atoms with Crippen LogP contribution in [0.25, 0.3) is 5.65 Å². The molecule has 0 aromatic carbocycles. The minimum atomic E-state index is 0.456. The smallest absolute Gasteiger partial charge is 0.175 e. The number of aryl methyl sites for hydroxylation is 1. The van der Waals surface area contributed by atoms with E-state index in [4.69, 9.17) is 11.6 Å². The van der Waals surface area contributed by atoms with Crippen LogP contribution in [0.5, 0.6) is 0 Å². The van der Waals surface area contributed by atoms with Gasteiger partial charge in [-0.05, 0) is 29.5 Å². The number of rotatable bonds is 0. The molecule has 0 saturated carbocycles. The fraction of sp³-hybridized carbons (Fsp3) is 0.143. The van der Waals surface area contributed by atoms with Crippen molar-refractivity contribution in [3.63, 3.8) is 0 Å². The number of hydrogen-bond acceptors (Lipinski definition) is 2. The zero-order valence-corrected chi connectivity index (χ0v) is 9.17. The van der Waals surface area contributed by atoms with Crippen LogP contribution in [-0.2, 0) is 0 Å². The van der Waals surface area contributed by atoms with Gasteiger partial charge in [0.15, 0.2) is 10.8 Å². The molecule has 0 amide bonds. The fourth-order valence-electron chi connectivity index (χ4n) is 1.05. The Morgan fingerprint density at radius 2 is 2.17 bits per heavy atom. The Labute approximate surface area is 87.9 Å². The quantitative estimate of drug-likeness (QED) is 0.698. The van der Waals surface area contributed by atoms with E-state index in [1.807, 2.05) is 23.7 Å². The van der Waals surface area contributed by atoms with E-state index in [2.05, 4.69) is 32.6 Å². The summed E-state index contributed by atoms with van der Waals surface area (Å²) in [6.45, 7) is 1.90. The molecule has 0 fully saturated rings. The number of fused-ring (bicyclic) bond motifs is 1. The standard InChI is InChI=1S/C7H5ClIN3/c1-4-2-12-3-5(9)11-7(12)6(8)10-4/h2-3H,1H3. The maximum atomic E-state index is 5.88. The summed E-state index contributed by atoms with van der Waals surface area (Å²) in [5, 5.41) is 0.456. The van der Waals surface area contributed by atoms with E-state index in [-0.39, 0.29) is 0 Å². The van der Waals surface area contributed by atoms with Crippen molar-refractivity contribution >= 4 is 39.8 Å². The Hall–Kier alpha value is -0.360. The lowest BCUT2D eigenvalue weighted by atomic mass is 10.5. The van der Waals surface area contributed by atoms with Gasteiger partial charge in [-0.2, -0.15) is 0 Å². The number of nitrogens with zero attached hydrogens (tertiary/aromatic N) is 3. The first-order valence-corrected chi connectivity index (χ1v) is 4.80. The first-order chi connectivity index (χ1) is 5.66. The van der Waals surface area contributed by atoms with Crippen molar-refractivity contribution in [2.45, 2.75) is 6.92 Å². The molecule has 2 aromatic heterocycles. The molecule has 0 N–H and O–H groups in total. The van der Waals surface area contributed by atoms with E-state index >= 15 is 0 Å². The first kappa shape index (κ1) is 8.25. The highest BCUT2D eigenvalue weighted by atomic mass is 127. The van der Waals surface area contributed by atoms with Gasteiger partial charge in [0.25, 0.3) is 0 Å². The fourth-order valence-corrected chi connectivity index (χ4v) is 1.85. The second-order valence-electron chi connectivity index (χ2n) is 2.47. The number of imidazole rings is 1. The minimum Gasteiger partial charge on any atom is -0.302 e. The largest absolute Gasteiger partial charge is 0.302 e. The minimum absolute atomic E-state index is 0.456. The van der Waals surface area contributed by atoms with E-state index in [0.717, 1.165) is 9.39 Å². The molecular weight excluding hydrogens is 288 g/mol. The summed E-state index contributed by atoms with van der Waals surface area (Å²) >= 11 is 8.02.